The van der Waals surface area contributed by atoms with Gasteiger partial charge >= 0.3 is 0 Å². The summed E-state index contributed by atoms with van der Waals surface area (Å²) in [4.78, 5) is 12.5. The first-order valence-electron chi connectivity index (χ1n) is 9.48. The van der Waals surface area contributed by atoms with Crippen molar-refractivity contribution >= 4 is 16.6 Å². The van der Waals surface area contributed by atoms with Crippen molar-refractivity contribution in [3.8, 4) is 5.75 Å². The number of carbonyl (C=O) groups is 1. The van der Waals surface area contributed by atoms with Crippen LogP contribution in [0.5, 0.6) is 5.75 Å². The molecule has 24 heavy (non-hydrogen) atoms. The lowest BCUT2D eigenvalue weighted by Crippen LogP contribution is -2.00. The monoisotopic (exact) mass is 326 g/mol. The number of hydrogen-bond donors (Lipinski definition) is 1. The number of unbranched alkanes of at least 4 members (excludes halogenated alkanes) is 8. The second-order valence-electron chi connectivity index (χ2n) is 6.68. The van der Waals surface area contributed by atoms with Crippen LogP contribution in [-0.4, -0.2) is 10.9 Å². The van der Waals surface area contributed by atoms with Crippen molar-refractivity contribution in [2.75, 3.05) is 0 Å². The summed E-state index contributed by atoms with van der Waals surface area (Å²) in [7, 11) is 0. The van der Waals surface area contributed by atoms with E-state index in [1.54, 1.807) is 12.1 Å². The summed E-state index contributed by atoms with van der Waals surface area (Å²) in [6.07, 6.45) is 11.9. The quantitative estimate of drug-likeness (QED) is 0.371. The Morgan fingerprint density at radius 3 is 2.04 bits per heavy atom. The fraction of sp³-hybridized carbons (Fsp3) is 0.500. The molecule has 0 amide bonds. The fourth-order valence-corrected chi connectivity index (χ4v) is 3.26. The van der Waals surface area contributed by atoms with E-state index in [9.17, 15) is 9.90 Å². The Morgan fingerprint density at radius 2 is 1.38 bits per heavy atom. The molecule has 2 rings (SSSR count). The first-order chi connectivity index (χ1) is 11.7. The molecule has 0 saturated carbocycles. The van der Waals surface area contributed by atoms with E-state index in [1.165, 1.54) is 44.9 Å². The van der Waals surface area contributed by atoms with Crippen LogP contribution in [0.15, 0.2) is 36.4 Å². The molecule has 130 valence electrons. The Labute approximate surface area is 145 Å². The molecule has 2 aromatic carbocycles. The van der Waals surface area contributed by atoms with E-state index >= 15 is 0 Å². The molecule has 0 atom stereocenters. The predicted molar refractivity (Wildman–Crippen MR) is 102 cm³/mol. The van der Waals surface area contributed by atoms with Gasteiger partial charge in [0.1, 0.15) is 5.75 Å². The molecule has 0 aromatic heterocycles. The number of ketones is 1. The zero-order valence-electron chi connectivity index (χ0n) is 14.9. The minimum absolute atomic E-state index is 0.189. The van der Waals surface area contributed by atoms with Crippen LogP contribution in [0.3, 0.4) is 0 Å². The summed E-state index contributed by atoms with van der Waals surface area (Å²) < 4.78 is 0. The lowest BCUT2D eigenvalue weighted by atomic mass is 9.97. The maximum atomic E-state index is 12.5. The number of rotatable bonds is 11. The normalized spacial score (nSPS) is 11.0. The van der Waals surface area contributed by atoms with E-state index < -0.39 is 0 Å². The van der Waals surface area contributed by atoms with Crippen molar-refractivity contribution in [3.05, 3.63) is 42.0 Å². The van der Waals surface area contributed by atoms with Crippen LogP contribution in [0.2, 0.25) is 0 Å². The van der Waals surface area contributed by atoms with Gasteiger partial charge in [0.05, 0.1) is 0 Å². The summed E-state index contributed by atoms with van der Waals surface area (Å²) >= 11 is 0. The summed E-state index contributed by atoms with van der Waals surface area (Å²) in [6.45, 7) is 2.24. The molecule has 2 aromatic rings. The van der Waals surface area contributed by atoms with Gasteiger partial charge in [-0.2, -0.15) is 0 Å². The molecule has 2 heteroatoms. The molecule has 0 saturated heterocycles. The van der Waals surface area contributed by atoms with E-state index in [2.05, 4.69) is 6.92 Å². The van der Waals surface area contributed by atoms with E-state index in [-0.39, 0.29) is 11.5 Å². The molecule has 0 aliphatic heterocycles. The van der Waals surface area contributed by atoms with Crippen molar-refractivity contribution in [1.82, 2.24) is 0 Å². The standard InChI is InChI=1S/C22H30O2/c1-2-3-4-5-6-7-8-9-10-15-21(23)20-16-17-22(24)19-14-12-11-13-18(19)20/h11-14,16-17,24H,2-10,15H2,1H3. The number of Topliss-reactive ketones (excluding diaryl/α,β-unsaturated/α-hetero) is 1. The van der Waals surface area contributed by atoms with E-state index in [0.717, 1.165) is 29.2 Å². The minimum Gasteiger partial charge on any atom is -0.507 e. The number of carbonyl (C=O) groups excluding carboxylic acids is 1. The van der Waals surface area contributed by atoms with Gasteiger partial charge in [0, 0.05) is 17.4 Å². The molecule has 0 aliphatic rings. The summed E-state index contributed by atoms with van der Waals surface area (Å²) in [5, 5.41) is 11.5. The van der Waals surface area contributed by atoms with E-state index in [1.807, 2.05) is 24.3 Å². The van der Waals surface area contributed by atoms with Gasteiger partial charge in [-0.15, -0.1) is 0 Å². The van der Waals surface area contributed by atoms with Crippen molar-refractivity contribution in [3.63, 3.8) is 0 Å². The van der Waals surface area contributed by atoms with Gasteiger partial charge in [0.25, 0.3) is 0 Å². The Bertz CT molecular complexity index is 645. The third-order valence-corrected chi connectivity index (χ3v) is 4.71. The van der Waals surface area contributed by atoms with Crippen LogP contribution in [0.25, 0.3) is 10.8 Å². The molecule has 0 heterocycles. The summed E-state index contributed by atoms with van der Waals surface area (Å²) in [5.41, 5.74) is 0.739. The fourth-order valence-electron chi connectivity index (χ4n) is 3.26. The topological polar surface area (TPSA) is 37.3 Å². The average molecular weight is 326 g/mol. The number of fused-ring (bicyclic) bond motifs is 1. The Morgan fingerprint density at radius 1 is 0.792 bits per heavy atom. The molecular weight excluding hydrogens is 296 g/mol. The number of benzene rings is 2. The smallest absolute Gasteiger partial charge is 0.163 e. The molecule has 0 unspecified atom stereocenters. The summed E-state index contributed by atoms with van der Waals surface area (Å²) in [6, 6.07) is 11.0. The average Bonchev–Trinajstić information content (AvgIpc) is 2.60. The second-order valence-corrected chi connectivity index (χ2v) is 6.68. The minimum atomic E-state index is 0.189. The molecular formula is C22H30O2. The maximum Gasteiger partial charge on any atom is 0.163 e. The van der Waals surface area contributed by atoms with Gasteiger partial charge in [-0.3, -0.25) is 4.79 Å². The zero-order chi connectivity index (χ0) is 17.2. The largest absolute Gasteiger partial charge is 0.507 e. The van der Waals surface area contributed by atoms with Crippen molar-refractivity contribution < 1.29 is 9.90 Å². The third kappa shape index (κ3) is 5.36. The van der Waals surface area contributed by atoms with Crippen LogP contribution in [0, 0.1) is 0 Å². The molecule has 0 bridgehead atoms. The molecule has 1 N–H and O–H groups in total. The van der Waals surface area contributed by atoms with Crippen LogP contribution >= 0.6 is 0 Å². The van der Waals surface area contributed by atoms with Crippen LogP contribution in [-0.2, 0) is 0 Å². The maximum absolute atomic E-state index is 12.5. The predicted octanol–water partition coefficient (Wildman–Crippen LogP) is 6.65. The zero-order valence-corrected chi connectivity index (χ0v) is 14.9. The lowest BCUT2D eigenvalue weighted by Gasteiger charge is -2.07. The van der Waals surface area contributed by atoms with Crippen molar-refractivity contribution in [2.45, 2.75) is 71.1 Å². The highest BCUT2D eigenvalue weighted by molar-refractivity contribution is 6.09. The third-order valence-electron chi connectivity index (χ3n) is 4.71. The first-order valence-corrected chi connectivity index (χ1v) is 9.48. The Kier molecular flexibility index (Phi) is 7.81. The van der Waals surface area contributed by atoms with Crippen LogP contribution in [0.1, 0.15) is 81.5 Å². The number of hydrogen-bond acceptors (Lipinski definition) is 2. The van der Waals surface area contributed by atoms with Crippen molar-refractivity contribution in [1.29, 1.82) is 0 Å². The SMILES string of the molecule is CCCCCCCCCCCC(=O)c1ccc(O)c2ccccc12. The first kappa shape index (κ1) is 18.5. The van der Waals surface area contributed by atoms with Gasteiger partial charge in [0.2, 0.25) is 0 Å². The molecule has 0 fully saturated rings. The Balaban J connectivity index is 1.75. The van der Waals surface area contributed by atoms with Crippen molar-refractivity contribution in [2.24, 2.45) is 0 Å². The van der Waals surface area contributed by atoms with Gasteiger partial charge in [-0.05, 0) is 23.9 Å². The van der Waals surface area contributed by atoms with E-state index in [4.69, 9.17) is 0 Å². The number of phenols is 1. The highest BCUT2D eigenvalue weighted by Gasteiger charge is 2.11. The van der Waals surface area contributed by atoms with E-state index in [0.29, 0.717) is 6.42 Å². The van der Waals surface area contributed by atoms with Gasteiger partial charge in [-0.1, -0.05) is 82.6 Å². The van der Waals surface area contributed by atoms with Gasteiger partial charge in [0.15, 0.2) is 5.78 Å². The van der Waals surface area contributed by atoms with Gasteiger partial charge in [-0.25, -0.2) is 0 Å². The van der Waals surface area contributed by atoms with Crippen LogP contribution in [0.4, 0.5) is 0 Å². The highest BCUT2D eigenvalue weighted by atomic mass is 16.3. The highest BCUT2D eigenvalue weighted by Crippen LogP contribution is 2.28. The van der Waals surface area contributed by atoms with Gasteiger partial charge < -0.3 is 5.11 Å². The lowest BCUT2D eigenvalue weighted by molar-refractivity contribution is 0.0980. The molecule has 0 radical (unpaired) electrons. The number of phenolic OH excluding ortho intramolecular Hbond substituents is 1. The molecule has 0 spiro atoms. The second kappa shape index (κ2) is 10.1. The molecule has 0 aliphatic carbocycles. The summed E-state index contributed by atoms with van der Waals surface area (Å²) in [5.74, 6) is 0.430. The number of aromatic hydroxyl groups is 1. The van der Waals surface area contributed by atoms with Crippen LogP contribution < -0.4 is 0 Å². The molecule has 2 nitrogen and oxygen atoms in total. The Hall–Kier alpha value is -1.83.